The predicted molar refractivity (Wildman–Crippen MR) is 267 cm³/mol. The zero-order chi connectivity index (χ0) is 42.1. The fourth-order valence-electron chi connectivity index (χ4n) is 10.3. The third kappa shape index (κ3) is 6.02. The van der Waals surface area contributed by atoms with Gasteiger partial charge in [0.2, 0.25) is 0 Å². The Balaban J connectivity index is 0.911. The summed E-state index contributed by atoms with van der Waals surface area (Å²) < 4.78 is 2.42. The van der Waals surface area contributed by atoms with Crippen molar-refractivity contribution in [2.24, 2.45) is 0 Å². The molecule has 1 aromatic heterocycles. The Morgan fingerprint density at radius 2 is 0.857 bits per heavy atom. The lowest BCUT2D eigenvalue weighted by molar-refractivity contribution is 0.660. The van der Waals surface area contributed by atoms with Crippen LogP contribution in [0.1, 0.15) is 25.0 Å². The quantitative estimate of drug-likeness (QED) is 0.156. The Morgan fingerprint density at radius 3 is 1.57 bits per heavy atom. The van der Waals surface area contributed by atoms with E-state index in [-0.39, 0.29) is 5.41 Å². The highest BCUT2D eigenvalue weighted by Crippen LogP contribution is 2.50. The summed E-state index contributed by atoms with van der Waals surface area (Å²) in [6.07, 6.45) is 0. The first kappa shape index (κ1) is 36.9. The van der Waals surface area contributed by atoms with Crippen LogP contribution < -0.4 is 4.90 Å². The minimum Gasteiger partial charge on any atom is -0.310 e. The van der Waals surface area contributed by atoms with E-state index in [2.05, 4.69) is 254 Å². The summed E-state index contributed by atoms with van der Waals surface area (Å²) in [6.45, 7) is 4.70. The largest absolute Gasteiger partial charge is 0.310 e. The van der Waals surface area contributed by atoms with Crippen molar-refractivity contribution >= 4 is 49.6 Å². The molecule has 63 heavy (non-hydrogen) atoms. The third-order valence-electron chi connectivity index (χ3n) is 13.4. The van der Waals surface area contributed by atoms with Crippen molar-refractivity contribution in [3.63, 3.8) is 0 Å². The molecule has 0 radical (unpaired) electrons. The van der Waals surface area contributed by atoms with E-state index in [9.17, 15) is 0 Å². The molecule has 0 bridgehead atoms. The van der Waals surface area contributed by atoms with E-state index in [1.807, 2.05) is 0 Å². The number of aromatic nitrogens is 1. The van der Waals surface area contributed by atoms with E-state index in [1.54, 1.807) is 0 Å². The second kappa shape index (κ2) is 14.6. The SMILES string of the molecule is CC1(C)c2ccccc2-c2ccc(-c3ccc(N(c4ccc(-c5cccc(-c6ccccc6-n6c7ccccc7c7ccccc76)c5)cc4)c4cccc5ccccc45)cc3)cc21. The van der Waals surface area contributed by atoms with Gasteiger partial charge in [-0.1, -0.05) is 184 Å². The molecule has 1 aliphatic carbocycles. The number of hydrogen-bond donors (Lipinski definition) is 0. The predicted octanol–water partition coefficient (Wildman–Crippen LogP) is 16.7. The number of fused-ring (bicyclic) bond motifs is 7. The van der Waals surface area contributed by atoms with Crippen LogP contribution in [0.4, 0.5) is 17.1 Å². The highest BCUT2D eigenvalue weighted by Gasteiger charge is 2.35. The van der Waals surface area contributed by atoms with Gasteiger partial charge in [0.1, 0.15) is 0 Å². The topological polar surface area (TPSA) is 8.17 Å². The first-order valence-corrected chi connectivity index (χ1v) is 21.9. The lowest BCUT2D eigenvalue weighted by atomic mass is 9.81. The molecular formula is C61H44N2. The molecule has 0 aliphatic heterocycles. The summed E-state index contributed by atoms with van der Waals surface area (Å²) in [5.74, 6) is 0. The summed E-state index contributed by atoms with van der Waals surface area (Å²) >= 11 is 0. The van der Waals surface area contributed by atoms with Crippen molar-refractivity contribution in [1.29, 1.82) is 0 Å². The fourth-order valence-corrected chi connectivity index (χ4v) is 10.3. The molecule has 0 spiro atoms. The van der Waals surface area contributed by atoms with E-state index >= 15 is 0 Å². The normalized spacial score (nSPS) is 12.7. The molecule has 2 nitrogen and oxygen atoms in total. The maximum absolute atomic E-state index is 2.42. The van der Waals surface area contributed by atoms with Crippen LogP contribution in [-0.2, 0) is 5.41 Å². The molecule has 0 saturated carbocycles. The van der Waals surface area contributed by atoms with Crippen molar-refractivity contribution in [3.8, 4) is 50.2 Å². The van der Waals surface area contributed by atoms with Gasteiger partial charge in [0.25, 0.3) is 0 Å². The zero-order valence-electron chi connectivity index (χ0n) is 35.3. The van der Waals surface area contributed by atoms with E-state index in [0.717, 1.165) is 17.1 Å². The van der Waals surface area contributed by atoms with E-state index in [0.29, 0.717) is 0 Å². The molecule has 0 unspecified atom stereocenters. The van der Waals surface area contributed by atoms with Crippen LogP contribution in [0.25, 0.3) is 82.8 Å². The molecule has 0 fully saturated rings. The molecule has 12 rings (SSSR count). The highest BCUT2D eigenvalue weighted by molar-refractivity contribution is 6.10. The lowest BCUT2D eigenvalue weighted by Crippen LogP contribution is -2.14. The molecule has 10 aromatic carbocycles. The van der Waals surface area contributed by atoms with Gasteiger partial charge in [-0.3, -0.25) is 0 Å². The van der Waals surface area contributed by atoms with Gasteiger partial charge in [-0.2, -0.15) is 0 Å². The average Bonchev–Trinajstić information content (AvgIpc) is 3.80. The Bertz CT molecular complexity index is 3470. The number of anilines is 3. The summed E-state index contributed by atoms with van der Waals surface area (Å²) in [5.41, 5.74) is 19.6. The van der Waals surface area contributed by atoms with Gasteiger partial charge in [0.05, 0.1) is 22.4 Å². The van der Waals surface area contributed by atoms with Crippen LogP contribution in [0, 0.1) is 0 Å². The molecular weight excluding hydrogens is 761 g/mol. The molecule has 0 amide bonds. The van der Waals surface area contributed by atoms with Crippen molar-refractivity contribution in [1.82, 2.24) is 4.57 Å². The second-order valence-electron chi connectivity index (χ2n) is 17.3. The smallest absolute Gasteiger partial charge is 0.0541 e. The van der Waals surface area contributed by atoms with Crippen LogP contribution in [0.5, 0.6) is 0 Å². The summed E-state index contributed by atoms with van der Waals surface area (Å²) in [5, 5.41) is 4.95. The molecule has 298 valence electrons. The van der Waals surface area contributed by atoms with Crippen LogP contribution >= 0.6 is 0 Å². The van der Waals surface area contributed by atoms with Crippen LogP contribution in [0.3, 0.4) is 0 Å². The Morgan fingerprint density at radius 1 is 0.349 bits per heavy atom. The van der Waals surface area contributed by atoms with Crippen molar-refractivity contribution in [3.05, 3.63) is 242 Å². The summed E-state index contributed by atoms with van der Waals surface area (Å²) in [6, 6.07) is 84.5. The van der Waals surface area contributed by atoms with Crippen LogP contribution in [0.2, 0.25) is 0 Å². The average molecular weight is 805 g/mol. The highest BCUT2D eigenvalue weighted by atomic mass is 15.1. The van der Waals surface area contributed by atoms with Gasteiger partial charge in [-0.05, 0) is 116 Å². The number of rotatable bonds is 7. The van der Waals surface area contributed by atoms with Crippen LogP contribution in [-0.4, -0.2) is 4.57 Å². The van der Waals surface area contributed by atoms with Gasteiger partial charge in [-0.15, -0.1) is 0 Å². The molecule has 2 heteroatoms. The Kier molecular flexibility index (Phi) is 8.55. The second-order valence-corrected chi connectivity index (χ2v) is 17.3. The van der Waals surface area contributed by atoms with Gasteiger partial charge < -0.3 is 9.47 Å². The summed E-state index contributed by atoms with van der Waals surface area (Å²) in [4.78, 5) is 2.40. The maximum Gasteiger partial charge on any atom is 0.0541 e. The zero-order valence-corrected chi connectivity index (χ0v) is 35.3. The van der Waals surface area contributed by atoms with E-state index in [4.69, 9.17) is 0 Å². The van der Waals surface area contributed by atoms with Crippen molar-refractivity contribution < 1.29 is 0 Å². The minimum absolute atomic E-state index is 0.0432. The maximum atomic E-state index is 2.42. The Labute approximate surface area is 368 Å². The Hall–Kier alpha value is -7.94. The number of hydrogen-bond acceptors (Lipinski definition) is 1. The molecule has 11 aromatic rings. The fraction of sp³-hybridized carbons (Fsp3) is 0.0492. The van der Waals surface area contributed by atoms with Crippen LogP contribution in [0.15, 0.2) is 231 Å². The first-order chi connectivity index (χ1) is 31.0. The van der Waals surface area contributed by atoms with Gasteiger partial charge >= 0.3 is 0 Å². The van der Waals surface area contributed by atoms with Crippen molar-refractivity contribution in [2.45, 2.75) is 19.3 Å². The molecule has 0 atom stereocenters. The monoisotopic (exact) mass is 804 g/mol. The van der Waals surface area contributed by atoms with Gasteiger partial charge in [0.15, 0.2) is 0 Å². The number of nitrogens with zero attached hydrogens (tertiary/aromatic N) is 2. The first-order valence-electron chi connectivity index (χ1n) is 21.9. The number of benzene rings is 10. The third-order valence-corrected chi connectivity index (χ3v) is 13.4. The summed E-state index contributed by atoms with van der Waals surface area (Å²) in [7, 11) is 0. The van der Waals surface area contributed by atoms with E-state index < -0.39 is 0 Å². The van der Waals surface area contributed by atoms with Gasteiger partial charge in [0, 0.05) is 38.5 Å². The number of para-hydroxylation sites is 3. The molecule has 0 saturated heterocycles. The standard InChI is InChI=1S/C61H44N2/c1-61(2)55-24-9-5-21-51(55)52-38-33-45(40-56(52)61)42-31-36-48(37-32-42)62(57-28-14-16-43-15-3-4-19-49(43)57)47-34-29-41(30-35-47)44-17-13-18-46(39-44)50-20-6-10-25-58(50)63-59-26-11-7-22-53(59)54-23-8-12-27-60(54)63/h3-40H,1-2H3. The molecule has 0 N–H and O–H groups in total. The minimum atomic E-state index is -0.0432. The van der Waals surface area contributed by atoms with Crippen molar-refractivity contribution in [2.75, 3.05) is 4.90 Å². The molecule has 1 heterocycles. The van der Waals surface area contributed by atoms with E-state index in [1.165, 1.54) is 93.9 Å². The lowest BCUT2D eigenvalue weighted by Gasteiger charge is -2.27. The van der Waals surface area contributed by atoms with Gasteiger partial charge in [-0.25, -0.2) is 0 Å². The molecule has 1 aliphatic rings.